The molecule has 0 aromatic rings. The summed E-state index contributed by atoms with van der Waals surface area (Å²) in [6.07, 6.45) is 6.80. The van der Waals surface area contributed by atoms with E-state index >= 15 is 0 Å². The second kappa shape index (κ2) is 4.06. The Labute approximate surface area is 74.9 Å². The van der Waals surface area contributed by atoms with Crippen LogP contribution in [-0.4, -0.2) is 5.67 Å². The number of allylic oxidation sites excluding steroid dienone is 1. The van der Waals surface area contributed by atoms with Crippen molar-refractivity contribution in [2.45, 2.75) is 57.5 Å². The van der Waals surface area contributed by atoms with Gasteiger partial charge in [0.2, 0.25) is 0 Å². The molecule has 1 heteroatoms. The van der Waals surface area contributed by atoms with Gasteiger partial charge < -0.3 is 0 Å². The highest BCUT2D eigenvalue weighted by Crippen LogP contribution is 2.35. The molecule has 0 aromatic heterocycles. The molecule has 1 rings (SSSR count). The van der Waals surface area contributed by atoms with Gasteiger partial charge in [-0.15, -0.1) is 0 Å². The quantitative estimate of drug-likeness (QED) is 0.521. The van der Waals surface area contributed by atoms with Crippen LogP contribution >= 0.6 is 0 Å². The Hall–Kier alpha value is -0.330. The summed E-state index contributed by atoms with van der Waals surface area (Å²) >= 11 is 0. The second-order valence-corrected chi connectivity index (χ2v) is 3.84. The highest BCUT2D eigenvalue weighted by Gasteiger charge is 2.30. The maximum atomic E-state index is 14.0. The summed E-state index contributed by atoms with van der Waals surface area (Å²) in [6.45, 7) is 5.79. The third-order valence-corrected chi connectivity index (χ3v) is 3.00. The minimum atomic E-state index is -1.04. The van der Waals surface area contributed by atoms with Gasteiger partial charge in [-0.2, -0.15) is 0 Å². The minimum Gasteiger partial charge on any atom is -0.239 e. The van der Waals surface area contributed by atoms with Gasteiger partial charge in [-0.25, -0.2) is 4.39 Å². The van der Waals surface area contributed by atoms with E-state index in [0.717, 1.165) is 24.8 Å². The SMILES string of the molecule is C=C1CCCCCCC1(F)CC. The normalized spacial score (nSPS) is 32.7. The Morgan fingerprint density at radius 3 is 2.67 bits per heavy atom. The molecular weight excluding hydrogens is 151 g/mol. The molecule has 1 saturated carbocycles. The number of hydrogen-bond acceptors (Lipinski definition) is 0. The highest BCUT2D eigenvalue weighted by molar-refractivity contribution is 5.12. The number of rotatable bonds is 1. The van der Waals surface area contributed by atoms with Gasteiger partial charge in [-0.3, -0.25) is 0 Å². The van der Waals surface area contributed by atoms with E-state index in [0.29, 0.717) is 12.8 Å². The first kappa shape index (κ1) is 9.76. The summed E-state index contributed by atoms with van der Waals surface area (Å²) in [7, 11) is 0. The first-order valence-electron chi connectivity index (χ1n) is 5.06. The van der Waals surface area contributed by atoms with Crippen molar-refractivity contribution in [3.8, 4) is 0 Å². The zero-order valence-corrected chi connectivity index (χ0v) is 8.03. The van der Waals surface area contributed by atoms with Crippen LogP contribution in [0, 0.1) is 0 Å². The molecule has 0 amide bonds. The number of alkyl halides is 1. The van der Waals surface area contributed by atoms with Gasteiger partial charge in [-0.1, -0.05) is 26.3 Å². The van der Waals surface area contributed by atoms with Gasteiger partial charge in [0.05, 0.1) is 0 Å². The Morgan fingerprint density at radius 2 is 2.00 bits per heavy atom. The zero-order chi connectivity index (χ0) is 9.03. The van der Waals surface area contributed by atoms with E-state index in [-0.39, 0.29) is 0 Å². The van der Waals surface area contributed by atoms with E-state index in [1.54, 1.807) is 0 Å². The van der Waals surface area contributed by atoms with E-state index in [2.05, 4.69) is 6.58 Å². The van der Waals surface area contributed by atoms with Crippen LogP contribution in [0.5, 0.6) is 0 Å². The Balaban J connectivity index is 2.60. The van der Waals surface area contributed by atoms with Gasteiger partial charge in [0, 0.05) is 0 Å². The van der Waals surface area contributed by atoms with Crippen LogP contribution in [0.3, 0.4) is 0 Å². The highest BCUT2D eigenvalue weighted by atomic mass is 19.1. The third-order valence-electron chi connectivity index (χ3n) is 3.00. The fraction of sp³-hybridized carbons (Fsp3) is 0.818. The first-order valence-corrected chi connectivity index (χ1v) is 5.06. The van der Waals surface area contributed by atoms with Crippen molar-refractivity contribution >= 4 is 0 Å². The van der Waals surface area contributed by atoms with Crippen molar-refractivity contribution in [1.29, 1.82) is 0 Å². The van der Waals surface area contributed by atoms with Crippen molar-refractivity contribution in [3.05, 3.63) is 12.2 Å². The Bertz CT molecular complexity index is 162. The molecule has 0 spiro atoms. The van der Waals surface area contributed by atoms with Crippen LogP contribution in [0.2, 0.25) is 0 Å². The summed E-state index contributed by atoms with van der Waals surface area (Å²) in [6, 6.07) is 0. The smallest absolute Gasteiger partial charge is 0.131 e. The number of halogens is 1. The van der Waals surface area contributed by atoms with Gasteiger partial charge in [0.1, 0.15) is 5.67 Å². The predicted octanol–water partition coefficient (Wildman–Crippen LogP) is 4.02. The molecule has 1 aliphatic carbocycles. The van der Waals surface area contributed by atoms with E-state index < -0.39 is 5.67 Å². The molecule has 0 heterocycles. The molecule has 0 radical (unpaired) electrons. The van der Waals surface area contributed by atoms with Crippen LogP contribution in [0.4, 0.5) is 4.39 Å². The Morgan fingerprint density at radius 1 is 1.33 bits per heavy atom. The van der Waals surface area contributed by atoms with Gasteiger partial charge in [0.25, 0.3) is 0 Å². The monoisotopic (exact) mass is 170 g/mol. The molecule has 1 unspecified atom stereocenters. The Kier molecular flexibility index (Phi) is 3.30. The molecule has 1 aliphatic rings. The standard InChI is InChI=1S/C11H19F/c1-3-11(12)9-7-5-4-6-8-10(11)2/h2-9H2,1H3. The predicted molar refractivity (Wildman–Crippen MR) is 51.0 cm³/mol. The zero-order valence-electron chi connectivity index (χ0n) is 8.03. The molecule has 1 fully saturated rings. The lowest BCUT2D eigenvalue weighted by Gasteiger charge is -2.28. The molecule has 0 aromatic carbocycles. The van der Waals surface area contributed by atoms with Crippen LogP contribution in [0.25, 0.3) is 0 Å². The molecular formula is C11H19F. The van der Waals surface area contributed by atoms with Gasteiger partial charge >= 0.3 is 0 Å². The fourth-order valence-corrected chi connectivity index (χ4v) is 1.92. The first-order chi connectivity index (χ1) is 5.69. The maximum Gasteiger partial charge on any atom is 0.131 e. The van der Waals surface area contributed by atoms with Crippen molar-refractivity contribution in [2.75, 3.05) is 0 Å². The third kappa shape index (κ3) is 2.09. The van der Waals surface area contributed by atoms with E-state index in [4.69, 9.17) is 0 Å². The molecule has 0 saturated heterocycles. The summed E-state index contributed by atoms with van der Waals surface area (Å²) < 4.78 is 14.0. The molecule has 0 bridgehead atoms. The molecule has 0 N–H and O–H groups in total. The molecule has 0 nitrogen and oxygen atoms in total. The van der Waals surface area contributed by atoms with E-state index in [9.17, 15) is 4.39 Å². The largest absolute Gasteiger partial charge is 0.239 e. The van der Waals surface area contributed by atoms with Crippen molar-refractivity contribution < 1.29 is 4.39 Å². The molecule has 12 heavy (non-hydrogen) atoms. The van der Waals surface area contributed by atoms with Gasteiger partial charge in [-0.05, 0) is 37.7 Å². The van der Waals surface area contributed by atoms with Crippen LogP contribution in [0.1, 0.15) is 51.9 Å². The van der Waals surface area contributed by atoms with Crippen LogP contribution in [-0.2, 0) is 0 Å². The van der Waals surface area contributed by atoms with Crippen molar-refractivity contribution in [2.24, 2.45) is 0 Å². The summed E-state index contributed by atoms with van der Waals surface area (Å²) in [5, 5.41) is 0. The minimum absolute atomic E-state index is 0.603. The van der Waals surface area contributed by atoms with E-state index in [1.807, 2.05) is 6.92 Å². The van der Waals surface area contributed by atoms with Crippen molar-refractivity contribution in [1.82, 2.24) is 0 Å². The summed E-state index contributed by atoms with van der Waals surface area (Å²) in [4.78, 5) is 0. The summed E-state index contributed by atoms with van der Waals surface area (Å²) in [5.41, 5.74) is -0.204. The maximum absolute atomic E-state index is 14.0. The molecule has 1 atom stereocenters. The van der Waals surface area contributed by atoms with Gasteiger partial charge in [0.15, 0.2) is 0 Å². The average Bonchev–Trinajstić information content (AvgIpc) is 2.07. The second-order valence-electron chi connectivity index (χ2n) is 3.84. The van der Waals surface area contributed by atoms with E-state index in [1.165, 1.54) is 12.8 Å². The topological polar surface area (TPSA) is 0 Å². The van der Waals surface area contributed by atoms with Crippen LogP contribution in [0.15, 0.2) is 12.2 Å². The van der Waals surface area contributed by atoms with Crippen LogP contribution < -0.4 is 0 Å². The lowest BCUT2D eigenvalue weighted by molar-refractivity contribution is 0.173. The average molecular weight is 170 g/mol. The number of hydrogen-bond donors (Lipinski definition) is 0. The lowest BCUT2D eigenvalue weighted by Crippen LogP contribution is -2.25. The molecule has 70 valence electrons. The molecule has 0 aliphatic heterocycles. The van der Waals surface area contributed by atoms with Crippen molar-refractivity contribution in [3.63, 3.8) is 0 Å². The lowest BCUT2D eigenvalue weighted by atomic mass is 9.83. The summed E-state index contributed by atoms with van der Waals surface area (Å²) in [5.74, 6) is 0. The fourth-order valence-electron chi connectivity index (χ4n) is 1.92.